The smallest absolute Gasteiger partial charge is 0.420 e. The van der Waals surface area contributed by atoms with E-state index in [1.165, 1.54) is 12.1 Å². The maximum atomic E-state index is 13.1. The number of halogens is 3. The molecule has 0 amide bonds. The summed E-state index contributed by atoms with van der Waals surface area (Å²) in [5.74, 6) is 3.48. The molecule has 0 fully saturated rings. The van der Waals surface area contributed by atoms with Crippen LogP contribution in [0.5, 0.6) is 0 Å². The van der Waals surface area contributed by atoms with E-state index in [9.17, 15) is 26.4 Å². The van der Waals surface area contributed by atoms with Gasteiger partial charge in [0.25, 0.3) is 0 Å². The van der Waals surface area contributed by atoms with Gasteiger partial charge in [-0.25, -0.2) is 18.4 Å². The molecule has 136 valence electrons. The van der Waals surface area contributed by atoms with Crippen LogP contribution in [0.1, 0.15) is 22.4 Å². The Balaban J connectivity index is 2.60. The fourth-order valence-electron chi connectivity index (χ4n) is 1.93. The topological polar surface area (TPSA) is 97.2 Å². The molecule has 0 aliphatic rings. The molecule has 0 saturated carbocycles. The van der Waals surface area contributed by atoms with Gasteiger partial charge in [-0.3, -0.25) is 4.79 Å². The van der Waals surface area contributed by atoms with Gasteiger partial charge in [-0.05, 0) is 17.6 Å². The Morgan fingerprint density at radius 3 is 2.46 bits per heavy atom. The van der Waals surface area contributed by atoms with Crippen molar-refractivity contribution in [1.29, 1.82) is 0 Å². The molecule has 1 aromatic heterocycles. The van der Waals surface area contributed by atoms with Gasteiger partial charge in [0, 0.05) is 18.0 Å². The molecule has 0 unspecified atom stereocenters. The molecule has 6 nitrogen and oxygen atoms in total. The summed E-state index contributed by atoms with van der Waals surface area (Å²) in [5.41, 5.74) is -1.59. The second-order valence-electron chi connectivity index (χ2n) is 5.16. The van der Waals surface area contributed by atoms with Crippen LogP contribution in [0.3, 0.4) is 0 Å². The monoisotopic (exact) mass is 384 g/mol. The van der Waals surface area contributed by atoms with Crippen LogP contribution in [0.25, 0.3) is 0 Å². The standard InChI is InChI=1S/C16H11F3N2O4S/c1-26(24,25)15-20-9-12(16(17,18)19)13(21-15)7-6-10-4-2-3-5-11(10)8-14(22)23/h2-5,9H,8H2,1H3,(H,22,23). The highest BCUT2D eigenvalue weighted by molar-refractivity contribution is 7.90. The van der Waals surface area contributed by atoms with Gasteiger partial charge in [-0.1, -0.05) is 24.1 Å². The molecule has 0 spiro atoms. The van der Waals surface area contributed by atoms with Crippen molar-refractivity contribution in [3.05, 3.63) is 52.8 Å². The number of carboxylic acids is 1. The fraction of sp³-hybridized carbons (Fsp3) is 0.188. The third kappa shape index (κ3) is 4.80. The summed E-state index contributed by atoms with van der Waals surface area (Å²) >= 11 is 0. The van der Waals surface area contributed by atoms with Crippen LogP contribution in [0, 0.1) is 11.8 Å². The van der Waals surface area contributed by atoms with E-state index < -0.39 is 38.4 Å². The van der Waals surface area contributed by atoms with Gasteiger partial charge in [0.1, 0.15) is 11.3 Å². The zero-order valence-corrected chi connectivity index (χ0v) is 14.0. The first kappa shape index (κ1) is 19.4. The number of aromatic nitrogens is 2. The molecule has 1 heterocycles. The Hall–Kier alpha value is -2.93. The van der Waals surface area contributed by atoms with Crippen LogP contribution in [0.2, 0.25) is 0 Å². The number of hydrogen-bond donors (Lipinski definition) is 1. The minimum Gasteiger partial charge on any atom is -0.481 e. The second-order valence-corrected chi connectivity index (χ2v) is 7.07. The molecule has 0 radical (unpaired) electrons. The van der Waals surface area contributed by atoms with Crippen LogP contribution in [0.15, 0.2) is 35.6 Å². The van der Waals surface area contributed by atoms with E-state index in [4.69, 9.17) is 5.11 Å². The lowest BCUT2D eigenvalue weighted by molar-refractivity contribution is -0.138. The third-order valence-electron chi connectivity index (χ3n) is 3.08. The molecule has 2 aromatic rings. The van der Waals surface area contributed by atoms with Gasteiger partial charge in [-0.15, -0.1) is 0 Å². The Labute approximate surface area is 146 Å². The zero-order valence-electron chi connectivity index (χ0n) is 13.2. The van der Waals surface area contributed by atoms with E-state index in [1.807, 2.05) is 0 Å². The highest BCUT2D eigenvalue weighted by Crippen LogP contribution is 2.30. The van der Waals surface area contributed by atoms with E-state index >= 15 is 0 Å². The minimum atomic E-state index is -4.83. The number of rotatable bonds is 3. The maximum absolute atomic E-state index is 13.1. The lowest BCUT2D eigenvalue weighted by Crippen LogP contribution is -2.14. The average molecular weight is 384 g/mol. The van der Waals surface area contributed by atoms with Gasteiger partial charge >= 0.3 is 12.1 Å². The van der Waals surface area contributed by atoms with Crippen molar-refractivity contribution in [3.63, 3.8) is 0 Å². The van der Waals surface area contributed by atoms with Crippen molar-refractivity contribution < 1.29 is 31.5 Å². The first-order valence-corrected chi connectivity index (χ1v) is 8.83. The number of aliphatic carboxylic acids is 1. The fourth-order valence-corrected chi connectivity index (χ4v) is 2.43. The SMILES string of the molecule is CS(=O)(=O)c1ncc(C(F)(F)F)c(C#Cc2ccccc2CC(=O)O)n1. The van der Waals surface area contributed by atoms with Crippen molar-refractivity contribution in [2.45, 2.75) is 17.8 Å². The van der Waals surface area contributed by atoms with E-state index in [0.29, 0.717) is 11.8 Å². The van der Waals surface area contributed by atoms with Crippen LogP contribution in [0.4, 0.5) is 13.2 Å². The number of benzene rings is 1. The van der Waals surface area contributed by atoms with Crippen molar-refractivity contribution in [2.75, 3.05) is 6.26 Å². The van der Waals surface area contributed by atoms with Crippen molar-refractivity contribution >= 4 is 15.8 Å². The molecule has 0 atom stereocenters. The predicted octanol–water partition coefficient (Wildman–Crippen LogP) is 1.93. The summed E-state index contributed by atoms with van der Waals surface area (Å²) in [7, 11) is -3.93. The Morgan fingerprint density at radius 2 is 1.88 bits per heavy atom. The Bertz CT molecular complexity index is 1020. The average Bonchev–Trinajstić information content (AvgIpc) is 2.51. The molecule has 26 heavy (non-hydrogen) atoms. The molecule has 1 N–H and O–H groups in total. The lowest BCUT2D eigenvalue weighted by Gasteiger charge is -2.08. The zero-order chi connectivity index (χ0) is 19.5. The minimum absolute atomic E-state index is 0.197. The van der Waals surface area contributed by atoms with Crippen LogP contribution >= 0.6 is 0 Å². The van der Waals surface area contributed by atoms with E-state index in [2.05, 4.69) is 21.8 Å². The highest BCUT2D eigenvalue weighted by Gasteiger charge is 2.35. The molecule has 0 saturated heterocycles. The predicted molar refractivity (Wildman–Crippen MR) is 83.9 cm³/mol. The number of hydrogen-bond acceptors (Lipinski definition) is 5. The first-order chi connectivity index (χ1) is 12.0. The van der Waals surface area contributed by atoms with E-state index in [0.717, 1.165) is 6.26 Å². The molecule has 1 aromatic carbocycles. The van der Waals surface area contributed by atoms with Gasteiger partial charge in [0.2, 0.25) is 15.0 Å². The van der Waals surface area contributed by atoms with Gasteiger partial charge in [-0.2, -0.15) is 13.2 Å². The Kier molecular flexibility index (Phi) is 5.32. The molecule has 2 rings (SSSR count). The maximum Gasteiger partial charge on any atom is 0.420 e. The molecule has 0 bridgehead atoms. The molecular weight excluding hydrogens is 373 g/mol. The van der Waals surface area contributed by atoms with E-state index in [1.54, 1.807) is 12.1 Å². The summed E-state index contributed by atoms with van der Waals surface area (Å²) < 4.78 is 62.2. The van der Waals surface area contributed by atoms with Crippen LogP contribution in [-0.2, 0) is 27.2 Å². The summed E-state index contributed by atoms with van der Waals surface area (Å²) in [4.78, 5) is 17.5. The number of alkyl halides is 3. The summed E-state index contributed by atoms with van der Waals surface area (Å²) in [5, 5.41) is 8.09. The molecule has 0 aliphatic carbocycles. The van der Waals surface area contributed by atoms with Crippen LogP contribution in [-0.4, -0.2) is 35.7 Å². The van der Waals surface area contributed by atoms with Gasteiger partial charge < -0.3 is 5.11 Å². The highest BCUT2D eigenvalue weighted by atomic mass is 32.2. The quantitative estimate of drug-likeness (QED) is 0.642. The van der Waals surface area contributed by atoms with Crippen molar-refractivity contribution in [1.82, 2.24) is 9.97 Å². The largest absolute Gasteiger partial charge is 0.481 e. The summed E-state index contributed by atoms with van der Waals surface area (Å²) in [6.07, 6.45) is -4.08. The second kappa shape index (κ2) is 7.13. The molecule has 10 heteroatoms. The van der Waals surface area contributed by atoms with Crippen LogP contribution < -0.4 is 0 Å². The third-order valence-corrected chi connectivity index (χ3v) is 3.94. The number of carboxylic acid groups (broad SMARTS) is 1. The number of carbonyl (C=O) groups is 1. The Morgan fingerprint density at radius 1 is 1.23 bits per heavy atom. The van der Waals surface area contributed by atoms with Gasteiger partial charge in [0.15, 0.2) is 0 Å². The lowest BCUT2D eigenvalue weighted by atomic mass is 10.0. The molecule has 0 aliphatic heterocycles. The number of sulfone groups is 1. The first-order valence-electron chi connectivity index (χ1n) is 6.94. The van der Waals surface area contributed by atoms with E-state index in [-0.39, 0.29) is 12.0 Å². The van der Waals surface area contributed by atoms with Gasteiger partial charge in [0.05, 0.1) is 6.42 Å². The summed E-state index contributed by atoms with van der Waals surface area (Å²) in [6, 6.07) is 6.03. The summed E-state index contributed by atoms with van der Waals surface area (Å²) in [6.45, 7) is 0. The van der Waals surface area contributed by atoms with Crippen molar-refractivity contribution in [2.24, 2.45) is 0 Å². The normalized spacial score (nSPS) is 11.5. The van der Waals surface area contributed by atoms with Crippen molar-refractivity contribution in [3.8, 4) is 11.8 Å². The molecular formula is C16H11F3N2O4S. The number of nitrogens with zero attached hydrogens (tertiary/aromatic N) is 2.